The van der Waals surface area contributed by atoms with E-state index in [1.807, 2.05) is 48.8 Å². The molecule has 0 unspecified atom stereocenters. The molecule has 3 aromatic rings. The number of ether oxygens (including phenoxy) is 1. The molecule has 2 saturated heterocycles. The van der Waals surface area contributed by atoms with E-state index >= 15 is 0 Å². The summed E-state index contributed by atoms with van der Waals surface area (Å²) in [7, 11) is 0. The number of benzene rings is 1. The smallest absolute Gasteiger partial charge is 0.335 e. The number of pyridine rings is 1. The molecule has 8 nitrogen and oxygen atoms in total. The fourth-order valence-electron chi connectivity index (χ4n) is 4.89. The molecule has 1 aromatic carbocycles. The average Bonchev–Trinajstić information content (AvgIpc) is 3.50. The molecule has 5 rings (SSSR count). The van der Waals surface area contributed by atoms with E-state index in [1.165, 1.54) is 0 Å². The SMILES string of the molecule is O=C(O)c1ccc(-n2cccc2[C@H]2[C@H](c3ccccn3)NC(=S)N2CCCN2CCOCC2)cc1. The van der Waals surface area contributed by atoms with Gasteiger partial charge in [0.05, 0.1) is 36.6 Å². The number of carbonyl (C=O) groups is 1. The molecule has 2 aliphatic rings. The van der Waals surface area contributed by atoms with E-state index in [2.05, 4.69) is 30.7 Å². The van der Waals surface area contributed by atoms with Crippen LogP contribution in [0.25, 0.3) is 5.69 Å². The van der Waals surface area contributed by atoms with E-state index in [1.54, 1.807) is 12.1 Å². The highest BCUT2D eigenvalue weighted by molar-refractivity contribution is 7.80. The third kappa shape index (κ3) is 5.07. The second-order valence-electron chi connectivity index (χ2n) is 8.78. The van der Waals surface area contributed by atoms with Crippen molar-refractivity contribution in [3.63, 3.8) is 0 Å². The fraction of sp³-hybridized carbons (Fsp3) is 0.346. The van der Waals surface area contributed by atoms with Gasteiger partial charge in [0.25, 0.3) is 0 Å². The Bertz CT molecular complexity index is 1160. The van der Waals surface area contributed by atoms with Crippen LogP contribution in [0.1, 0.15) is 40.3 Å². The predicted molar refractivity (Wildman–Crippen MR) is 137 cm³/mol. The van der Waals surface area contributed by atoms with Crippen LogP contribution in [0.15, 0.2) is 67.0 Å². The lowest BCUT2D eigenvalue weighted by Crippen LogP contribution is -2.39. The first-order chi connectivity index (χ1) is 17.1. The van der Waals surface area contributed by atoms with E-state index in [9.17, 15) is 9.90 Å². The van der Waals surface area contributed by atoms with Crippen LogP contribution in [0.2, 0.25) is 0 Å². The number of aromatic nitrogens is 2. The van der Waals surface area contributed by atoms with Crippen LogP contribution >= 0.6 is 12.2 Å². The van der Waals surface area contributed by atoms with Crippen molar-refractivity contribution in [3.8, 4) is 5.69 Å². The van der Waals surface area contributed by atoms with Crippen molar-refractivity contribution < 1.29 is 14.6 Å². The molecule has 0 radical (unpaired) electrons. The molecule has 2 atom stereocenters. The van der Waals surface area contributed by atoms with Crippen molar-refractivity contribution in [2.45, 2.75) is 18.5 Å². The minimum Gasteiger partial charge on any atom is -0.478 e. The topological polar surface area (TPSA) is 82.9 Å². The zero-order chi connectivity index (χ0) is 24.2. The number of aromatic carboxylic acids is 1. The Labute approximate surface area is 210 Å². The van der Waals surface area contributed by atoms with Gasteiger partial charge >= 0.3 is 5.97 Å². The van der Waals surface area contributed by atoms with E-state index in [0.29, 0.717) is 0 Å². The maximum Gasteiger partial charge on any atom is 0.335 e. The third-order valence-corrected chi connectivity index (χ3v) is 7.00. The van der Waals surface area contributed by atoms with Gasteiger partial charge in [-0.15, -0.1) is 0 Å². The summed E-state index contributed by atoms with van der Waals surface area (Å²) in [5.74, 6) is -0.934. The maximum absolute atomic E-state index is 11.3. The quantitative estimate of drug-likeness (QED) is 0.465. The first kappa shape index (κ1) is 23.5. The van der Waals surface area contributed by atoms with Crippen molar-refractivity contribution in [3.05, 3.63) is 83.9 Å². The van der Waals surface area contributed by atoms with Crippen LogP contribution in [0, 0.1) is 0 Å². The van der Waals surface area contributed by atoms with Gasteiger partial charge in [0.1, 0.15) is 0 Å². The van der Waals surface area contributed by atoms with Crippen molar-refractivity contribution in [2.75, 3.05) is 39.4 Å². The molecule has 182 valence electrons. The lowest BCUT2D eigenvalue weighted by Gasteiger charge is -2.31. The zero-order valence-corrected chi connectivity index (χ0v) is 20.2. The van der Waals surface area contributed by atoms with E-state index in [0.717, 1.165) is 68.0 Å². The van der Waals surface area contributed by atoms with E-state index in [-0.39, 0.29) is 17.6 Å². The highest BCUT2D eigenvalue weighted by Crippen LogP contribution is 2.39. The summed E-state index contributed by atoms with van der Waals surface area (Å²) in [6.07, 6.45) is 4.80. The van der Waals surface area contributed by atoms with Crippen molar-refractivity contribution >= 4 is 23.3 Å². The minimum atomic E-state index is -0.934. The molecule has 0 saturated carbocycles. The highest BCUT2D eigenvalue weighted by Gasteiger charge is 2.41. The minimum absolute atomic E-state index is 0.0590. The molecule has 2 N–H and O–H groups in total. The number of nitrogens with zero attached hydrogens (tertiary/aromatic N) is 4. The molecule has 2 aliphatic heterocycles. The first-order valence-electron chi connectivity index (χ1n) is 11.9. The van der Waals surface area contributed by atoms with E-state index in [4.69, 9.17) is 17.0 Å². The molecule has 0 bridgehead atoms. The zero-order valence-electron chi connectivity index (χ0n) is 19.4. The van der Waals surface area contributed by atoms with Crippen LogP contribution < -0.4 is 5.32 Å². The number of morpholine rings is 1. The molecule has 35 heavy (non-hydrogen) atoms. The summed E-state index contributed by atoms with van der Waals surface area (Å²) < 4.78 is 7.58. The molecule has 4 heterocycles. The summed E-state index contributed by atoms with van der Waals surface area (Å²) in [6, 6.07) is 16.9. The standard InChI is InChI=1S/C26H29N5O3S/c32-25(33)19-7-9-20(10-8-19)30-13-3-6-22(30)24-23(21-5-1-2-11-27-21)28-26(35)31(24)14-4-12-29-15-17-34-18-16-29/h1-3,5-11,13,23-24H,4,12,14-18H2,(H,28,35)(H,32,33)/t23-,24-/m0/s1. The number of hydrogen-bond acceptors (Lipinski definition) is 5. The molecule has 0 spiro atoms. The van der Waals surface area contributed by atoms with Crippen LogP contribution in [-0.2, 0) is 4.74 Å². The maximum atomic E-state index is 11.3. The normalized spacial score (nSPS) is 20.7. The second kappa shape index (κ2) is 10.6. The number of carboxylic acid groups (broad SMARTS) is 1. The van der Waals surface area contributed by atoms with Crippen molar-refractivity contribution in [2.24, 2.45) is 0 Å². The Morgan fingerprint density at radius 1 is 1.09 bits per heavy atom. The monoisotopic (exact) mass is 491 g/mol. The lowest BCUT2D eigenvalue weighted by molar-refractivity contribution is 0.0365. The van der Waals surface area contributed by atoms with Crippen molar-refractivity contribution in [1.82, 2.24) is 24.7 Å². The fourth-order valence-corrected chi connectivity index (χ4v) is 5.22. The lowest BCUT2D eigenvalue weighted by atomic mass is 10.0. The van der Waals surface area contributed by atoms with Gasteiger partial charge in [0.2, 0.25) is 0 Å². The summed E-state index contributed by atoms with van der Waals surface area (Å²) in [5, 5.41) is 13.5. The Hall–Kier alpha value is -3.27. The highest BCUT2D eigenvalue weighted by atomic mass is 32.1. The van der Waals surface area contributed by atoms with Gasteiger partial charge in [-0.1, -0.05) is 6.07 Å². The molecule has 2 fully saturated rings. The van der Waals surface area contributed by atoms with E-state index < -0.39 is 5.97 Å². The molecular formula is C26H29N5O3S. The van der Waals surface area contributed by atoms with Crippen LogP contribution in [0.5, 0.6) is 0 Å². The summed E-state index contributed by atoms with van der Waals surface area (Å²) in [6.45, 7) is 5.35. The summed E-state index contributed by atoms with van der Waals surface area (Å²) in [5.41, 5.74) is 3.18. The van der Waals surface area contributed by atoms with Gasteiger partial charge in [-0.05, 0) is 67.2 Å². The first-order valence-corrected chi connectivity index (χ1v) is 12.3. The number of thiocarbonyl (C=S) groups is 1. The van der Waals surface area contributed by atoms with Gasteiger partial charge < -0.3 is 24.6 Å². The Kier molecular flexibility index (Phi) is 7.08. The van der Waals surface area contributed by atoms with Gasteiger partial charge in [0.15, 0.2) is 5.11 Å². The Morgan fingerprint density at radius 3 is 2.60 bits per heavy atom. The predicted octanol–water partition coefficient (Wildman–Crippen LogP) is 3.27. The Balaban J connectivity index is 1.44. The number of rotatable bonds is 8. The second-order valence-corrected chi connectivity index (χ2v) is 9.17. The van der Waals surface area contributed by atoms with Crippen LogP contribution in [0.3, 0.4) is 0 Å². The van der Waals surface area contributed by atoms with Gasteiger partial charge in [-0.3, -0.25) is 9.88 Å². The number of nitrogens with one attached hydrogen (secondary N) is 1. The molecule has 2 aromatic heterocycles. The molecule has 0 aliphatic carbocycles. The molecular weight excluding hydrogens is 462 g/mol. The summed E-state index contributed by atoms with van der Waals surface area (Å²) in [4.78, 5) is 20.7. The van der Waals surface area contributed by atoms with Gasteiger partial charge in [0, 0.05) is 50.0 Å². The van der Waals surface area contributed by atoms with Crippen LogP contribution in [0.4, 0.5) is 0 Å². The van der Waals surface area contributed by atoms with Crippen LogP contribution in [-0.4, -0.2) is 74.9 Å². The molecule has 9 heteroatoms. The largest absolute Gasteiger partial charge is 0.478 e. The third-order valence-electron chi connectivity index (χ3n) is 6.65. The van der Waals surface area contributed by atoms with Gasteiger partial charge in [-0.25, -0.2) is 4.79 Å². The summed E-state index contributed by atoms with van der Waals surface area (Å²) >= 11 is 5.82. The van der Waals surface area contributed by atoms with Crippen molar-refractivity contribution in [1.29, 1.82) is 0 Å². The van der Waals surface area contributed by atoms with Gasteiger partial charge in [-0.2, -0.15) is 0 Å². The Morgan fingerprint density at radius 2 is 1.89 bits per heavy atom. The number of carboxylic acids is 1. The average molecular weight is 492 g/mol. The molecule has 0 amide bonds. The number of hydrogen-bond donors (Lipinski definition) is 2.